The standard InChI is InChI=1S/C17H13ClFN3O2S/c18-11-1-6-15-20-14(7-17(24)22(15)8-11)9-25-10-16(23)21-13-4-2-12(19)3-5-13/h1-8H,9-10H2,(H,21,23). The Bertz CT molecular complexity index is 976. The van der Waals surface area contributed by atoms with Crippen LogP contribution in [0.5, 0.6) is 0 Å². The first-order valence-electron chi connectivity index (χ1n) is 7.32. The van der Waals surface area contributed by atoms with E-state index in [4.69, 9.17) is 11.6 Å². The molecule has 0 aliphatic carbocycles. The van der Waals surface area contributed by atoms with Gasteiger partial charge in [-0.05, 0) is 36.4 Å². The highest BCUT2D eigenvalue weighted by Crippen LogP contribution is 2.13. The lowest BCUT2D eigenvalue weighted by atomic mass is 10.3. The number of anilines is 1. The van der Waals surface area contributed by atoms with Gasteiger partial charge < -0.3 is 5.32 Å². The summed E-state index contributed by atoms with van der Waals surface area (Å²) in [6, 6.07) is 10.3. The van der Waals surface area contributed by atoms with Gasteiger partial charge in [0.15, 0.2) is 0 Å². The van der Waals surface area contributed by atoms with Crippen molar-refractivity contribution in [3.63, 3.8) is 0 Å². The van der Waals surface area contributed by atoms with Crippen molar-refractivity contribution in [1.82, 2.24) is 9.38 Å². The van der Waals surface area contributed by atoms with Gasteiger partial charge in [-0.2, -0.15) is 0 Å². The second kappa shape index (κ2) is 7.67. The molecule has 0 aliphatic rings. The van der Waals surface area contributed by atoms with Crippen molar-refractivity contribution in [3.8, 4) is 0 Å². The molecule has 0 saturated carbocycles. The van der Waals surface area contributed by atoms with Gasteiger partial charge in [0.1, 0.15) is 11.5 Å². The highest BCUT2D eigenvalue weighted by Gasteiger charge is 2.06. The van der Waals surface area contributed by atoms with E-state index in [1.807, 2.05) is 0 Å². The summed E-state index contributed by atoms with van der Waals surface area (Å²) in [6.07, 6.45) is 1.51. The lowest BCUT2D eigenvalue weighted by Gasteiger charge is -2.06. The third-order valence-corrected chi connectivity index (χ3v) is 4.48. The third kappa shape index (κ3) is 4.58. The summed E-state index contributed by atoms with van der Waals surface area (Å²) in [7, 11) is 0. The molecule has 1 amide bonds. The van der Waals surface area contributed by atoms with E-state index in [-0.39, 0.29) is 23.0 Å². The number of aromatic nitrogens is 2. The van der Waals surface area contributed by atoms with Crippen molar-refractivity contribution in [2.75, 3.05) is 11.1 Å². The number of rotatable bonds is 5. The minimum absolute atomic E-state index is 0.193. The number of thioether (sulfide) groups is 1. The number of hydrogen-bond acceptors (Lipinski definition) is 4. The number of hydrogen-bond donors (Lipinski definition) is 1. The van der Waals surface area contributed by atoms with E-state index in [2.05, 4.69) is 10.3 Å². The van der Waals surface area contributed by atoms with Gasteiger partial charge in [-0.3, -0.25) is 14.0 Å². The van der Waals surface area contributed by atoms with Gasteiger partial charge >= 0.3 is 0 Å². The van der Waals surface area contributed by atoms with Crippen LogP contribution in [0.25, 0.3) is 5.65 Å². The Labute approximate surface area is 151 Å². The van der Waals surface area contributed by atoms with Crippen LogP contribution in [-0.2, 0) is 10.5 Å². The Morgan fingerprint density at radius 1 is 1.24 bits per heavy atom. The first-order chi connectivity index (χ1) is 12.0. The zero-order chi connectivity index (χ0) is 17.8. The predicted octanol–water partition coefficient (Wildman–Crippen LogP) is 3.36. The number of nitrogens with zero attached hydrogens (tertiary/aromatic N) is 2. The fourth-order valence-corrected chi connectivity index (χ4v) is 3.06. The van der Waals surface area contributed by atoms with Crippen molar-refractivity contribution in [1.29, 1.82) is 0 Å². The van der Waals surface area contributed by atoms with Crippen LogP contribution in [0.2, 0.25) is 5.02 Å². The summed E-state index contributed by atoms with van der Waals surface area (Å²) in [4.78, 5) is 28.3. The number of benzene rings is 1. The zero-order valence-corrected chi connectivity index (χ0v) is 14.5. The molecule has 1 aromatic carbocycles. The van der Waals surface area contributed by atoms with E-state index < -0.39 is 0 Å². The summed E-state index contributed by atoms with van der Waals surface area (Å²) in [6.45, 7) is 0. The average Bonchev–Trinajstić information content (AvgIpc) is 2.58. The molecular weight excluding hydrogens is 365 g/mol. The molecule has 8 heteroatoms. The van der Waals surface area contributed by atoms with Crippen molar-refractivity contribution in [3.05, 3.63) is 75.5 Å². The van der Waals surface area contributed by atoms with Gasteiger partial charge in [-0.15, -0.1) is 11.8 Å². The molecule has 0 saturated heterocycles. The normalized spacial score (nSPS) is 10.8. The average molecular weight is 378 g/mol. The van der Waals surface area contributed by atoms with Gasteiger partial charge in [0.25, 0.3) is 5.56 Å². The van der Waals surface area contributed by atoms with E-state index in [0.29, 0.717) is 27.8 Å². The fraction of sp³-hybridized carbons (Fsp3) is 0.118. The summed E-state index contributed by atoms with van der Waals surface area (Å²) in [5.41, 5.74) is 1.40. The monoisotopic (exact) mass is 377 g/mol. The number of nitrogens with one attached hydrogen (secondary N) is 1. The first-order valence-corrected chi connectivity index (χ1v) is 8.85. The molecule has 128 valence electrons. The van der Waals surface area contributed by atoms with Gasteiger partial charge in [-0.1, -0.05) is 11.6 Å². The highest BCUT2D eigenvalue weighted by atomic mass is 35.5. The smallest absolute Gasteiger partial charge is 0.258 e. The molecule has 0 aliphatic heterocycles. The number of pyridine rings is 1. The van der Waals surface area contributed by atoms with E-state index in [9.17, 15) is 14.0 Å². The van der Waals surface area contributed by atoms with Gasteiger partial charge in [-0.25, -0.2) is 9.37 Å². The van der Waals surface area contributed by atoms with Crippen LogP contribution < -0.4 is 10.9 Å². The van der Waals surface area contributed by atoms with E-state index in [1.54, 1.807) is 12.1 Å². The van der Waals surface area contributed by atoms with Crippen LogP contribution >= 0.6 is 23.4 Å². The molecule has 3 aromatic rings. The number of carbonyl (C=O) groups is 1. The topological polar surface area (TPSA) is 63.5 Å². The summed E-state index contributed by atoms with van der Waals surface area (Å²) in [5, 5.41) is 3.13. The fourth-order valence-electron chi connectivity index (χ4n) is 2.18. The van der Waals surface area contributed by atoms with Crippen LogP contribution in [0, 0.1) is 5.82 Å². The lowest BCUT2D eigenvalue weighted by molar-refractivity contribution is -0.113. The maximum atomic E-state index is 12.8. The zero-order valence-electron chi connectivity index (χ0n) is 12.9. The second-order valence-electron chi connectivity index (χ2n) is 5.21. The molecule has 3 rings (SSSR count). The number of carbonyl (C=O) groups excluding carboxylic acids is 1. The Morgan fingerprint density at radius 3 is 2.76 bits per heavy atom. The molecule has 2 aromatic heterocycles. The van der Waals surface area contributed by atoms with Crippen molar-refractivity contribution >= 4 is 40.6 Å². The van der Waals surface area contributed by atoms with Crippen LogP contribution in [0.3, 0.4) is 0 Å². The SMILES string of the molecule is O=C(CSCc1cc(=O)n2cc(Cl)ccc2n1)Nc1ccc(F)cc1. The van der Waals surface area contributed by atoms with E-state index in [0.717, 1.165) is 0 Å². The van der Waals surface area contributed by atoms with Gasteiger partial charge in [0.2, 0.25) is 5.91 Å². The molecule has 0 radical (unpaired) electrons. The first kappa shape index (κ1) is 17.4. The lowest BCUT2D eigenvalue weighted by Crippen LogP contribution is -2.16. The van der Waals surface area contributed by atoms with Crippen LogP contribution in [-0.4, -0.2) is 21.0 Å². The van der Waals surface area contributed by atoms with Gasteiger partial charge in [0, 0.05) is 23.7 Å². The minimum atomic E-state index is -0.359. The van der Waals surface area contributed by atoms with E-state index >= 15 is 0 Å². The van der Waals surface area contributed by atoms with Crippen LogP contribution in [0.4, 0.5) is 10.1 Å². The molecule has 0 fully saturated rings. The molecule has 0 bridgehead atoms. The molecule has 0 atom stereocenters. The maximum absolute atomic E-state index is 12.8. The second-order valence-corrected chi connectivity index (χ2v) is 6.63. The molecule has 25 heavy (non-hydrogen) atoms. The molecule has 0 spiro atoms. The Balaban J connectivity index is 1.59. The summed E-state index contributed by atoms with van der Waals surface area (Å²) < 4.78 is 14.2. The van der Waals surface area contributed by atoms with Crippen LogP contribution in [0.15, 0.2) is 53.5 Å². The molecule has 2 heterocycles. The maximum Gasteiger partial charge on any atom is 0.258 e. The largest absolute Gasteiger partial charge is 0.325 e. The van der Waals surface area contributed by atoms with E-state index in [1.165, 1.54) is 52.7 Å². The van der Waals surface area contributed by atoms with Gasteiger partial charge in [0.05, 0.1) is 16.5 Å². The molecule has 5 nitrogen and oxygen atoms in total. The Hall–Kier alpha value is -2.38. The summed E-state index contributed by atoms with van der Waals surface area (Å²) in [5.74, 6) is 0.0489. The Kier molecular flexibility index (Phi) is 5.35. The molecule has 0 unspecified atom stereocenters. The molecular formula is C17H13ClFN3O2S. The summed E-state index contributed by atoms with van der Waals surface area (Å²) >= 11 is 7.20. The quantitative estimate of drug-likeness (QED) is 0.740. The molecule has 1 N–H and O–H groups in total. The number of fused-ring (bicyclic) bond motifs is 1. The highest BCUT2D eigenvalue weighted by molar-refractivity contribution is 7.99. The minimum Gasteiger partial charge on any atom is -0.325 e. The number of halogens is 2. The number of amides is 1. The Morgan fingerprint density at radius 2 is 2.00 bits per heavy atom. The third-order valence-electron chi connectivity index (χ3n) is 3.29. The van der Waals surface area contributed by atoms with Crippen LogP contribution in [0.1, 0.15) is 5.69 Å². The van der Waals surface area contributed by atoms with Crippen molar-refractivity contribution in [2.24, 2.45) is 0 Å². The van der Waals surface area contributed by atoms with Crippen molar-refractivity contribution in [2.45, 2.75) is 5.75 Å². The van der Waals surface area contributed by atoms with Crippen molar-refractivity contribution < 1.29 is 9.18 Å². The predicted molar refractivity (Wildman–Crippen MR) is 97.7 cm³/mol.